The van der Waals surface area contributed by atoms with E-state index in [2.05, 4.69) is 16.7 Å². The number of para-hydroxylation sites is 1. The van der Waals surface area contributed by atoms with E-state index >= 15 is 0 Å². The summed E-state index contributed by atoms with van der Waals surface area (Å²) in [6.45, 7) is 0.623. The molecule has 21 heavy (non-hydrogen) atoms. The number of aromatic nitrogens is 1. The summed E-state index contributed by atoms with van der Waals surface area (Å²) in [6.07, 6.45) is 4.17. The molecule has 0 unspecified atom stereocenters. The number of nitrogens with one attached hydrogen (secondary N) is 2. The number of nitrogens with zero attached hydrogens (tertiary/aromatic N) is 2. The summed E-state index contributed by atoms with van der Waals surface area (Å²) in [5, 5.41) is 15.5. The number of thiocarbonyl (C=S) groups is 1. The number of carbonyl (C=O) groups excluding carboxylic acids is 1. The predicted molar refractivity (Wildman–Crippen MR) is 84.0 cm³/mol. The highest BCUT2D eigenvalue weighted by Crippen LogP contribution is 2.24. The number of amides is 1. The molecule has 1 amide bonds. The normalized spacial score (nSPS) is 16.0. The topological polar surface area (TPSA) is 69.8 Å². The van der Waals surface area contributed by atoms with Crippen molar-refractivity contribution >= 4 is 40.2 Å². The van der Waals surface area contributed by atoms with Crippen molar-refractivity contribution in [1.29, 1.82) is 5.26 Å². The molecule has 104 valence electrons. The fraction of sp³-hybridized carbons (Fsp3) is 0.133. The fourth-order valence-electron chi connectivity index (χ4n) is 2.38. The van der Waals surface area contributed by atoms with Crippen molar-refractivity contribution in [3.8, 4) is 6.07 Å². The molecule has 3 rings (SSSR count). The van der Waals surface area contributed by atoms with Crippen LogP contribution in [0.15, 0.2) is 36.2 Å². The van der Waals surface area contributed by atoms with Gasteiger partial charge in [-0.05, 0) is 24.4 Å². The highest BCUT2D eigenvalue weighted by Gasteiger charge is 2.20. The Balaban J connectivity index is 2.07. The summed E-state index contributed by atoms with van der Waals surface area (Å²) < 4.78 is 2.02. The maximum absolute atomic E-state index is 11.7. The molecule has 5 nitrogen and oxygen atoms in total. The van der Waals surface area contributed by atoms with Crippen LogP contribution in [-0.4, -0.2) is 15.6 Å². The Bertz CT molecular complexity index is 813. The second kappa shape index (κ2) is 5.38. The van der Waals surface area contributed by atoms with E-state index in [9.17, 15) is 4.79 Å². The van der Waals surface area contributed by atoms with Crippen molar-refractivity contribution < 1.29 is 4.79 Å². The lowest BCUT2D eigenvalue weighted by molar-refractivity contribution is -0.115. The minimum absolute atomic E-state index is 0.228. The van der Waals surface area contributed by atoms with Crippen molar-refractivity contribution in [2.24, 2.45) is 0 Å². The van der Waals surface area contributed by atoms with E-state index in [1.165, 1.54) is 0 Å². The van der Waals surface area contributed by atoms with Crippen LogP contribution in [0.25, 0.3) is 17.0 Å². The number of rotatable bonds is 3. The zero-order chi connectivity index (χ0) is 14.8. The number of aryl methyl sites for hydroxylation is 1. The Hall–Kier alpha value is -2.65. The Morgan fingerprint density at radius 2 is 2.14 bits per heavy atom. The Labute approximate surface area is 126 Å². The lowest BCUT2D eigenvalue weighted by Crippen LogP contribution is -2.21. The molecule has 0 aliphatic carbocycles. The first-order chi connectivity index (χ1) is 10.2. The van der Waals surface area contributed by atoms with Crippen LogP contribution in [0, 0.1) is 11.3 Å². The quantitative estimate of drug-likeness (QED) is 0.670. The first-order valence-corrected chi connectivity index (χ1v) is 6.89. The molecule has 1 aromatic carbocycles. The van der Waals surface area contributed by atoms with E-state index in [0.29, 0.717) is 23.8 Å². The average Bonchev–Trinajstić information content (AvgIpc) is 2.98. The van der Waals surface area contributed by atoms with Gasteiger partial charge in [-0.2, -0.15) is 5.26 Å². The van der Waals surface area contributed by atoms with Gasteiger partial charge in [0.25, 0.3) is 5.91 Å². The molecule has 1 aromatic heterocycles. The van der Waals surface area contributed by atoms with Crippen LogP contribution < -0.4 is 10.6 Å². The molecule has 0 atom stereocenters. The molecule has 1 aliphatic heterocycles. The van der Waals surface area contributed by atoms with Crippen molar-refractivity contribution in [2.45, 2.75) is 13.0 Å². The minimum Gasteiger partial charge on any atom is -0.346 e. The monoisotopic (exact) mass is 296 g/mol. The Morgan fingerprint density at radius 1 is 1.33 bits per heavy atom. The number of carbonyl (C=O) groups is 1. The van der Waals surface area contributed by atoms with Crippen LogP contribution in [0.3, 0.4) is 0 Å². The summed E-state index contributed by atoms with van der Waals surface area (Å²) in [7, 11) is 0. The first-order valence-electron chi connectivity index (χ1n) is 6.48. The lowest BCUT2D eigenvalue weighted by Gasteiger charge is -2.00. The van der Waals surface area contributed by atoms with Crippen molar-refractivity contribution in [2.75, 3.05) is 0 Å². The van der Waals surface area contributed by atoms with Gasteiger partial charge in [0.1, 0.15) is 5.70 Å². The third kappa shape index (κ3) is 2.51. The predicted octanol–water partition coefficient (Wildman–Crippen LogP) is 1.90. The third-order valence-electron chi connectivity index (χ3n) is 3.30. The maximum Gasteiger partial charge on any atom is 0.273 e. The van der Waals surface area contributed by atoms with E-state index in [-0.39, 0.29) is 5.91 Å². The van der Waals surface area contributed by atoms with Gasteiger partial charge < -0.3 is 9.88 Å². The lowest BCUT2D eigenvalue weighted by atomic mass is 10.1. The van der Waals surface area contributed by atoms with Gasteiger partial charge in [0.15, 0.2) is 5.11 Å². The molecule has 0 radical (unpaired) electrons. The summed E-state index contributed by atoms with van der Waals surface area (Å²) in [6, 6.07) is 10.0. The molecule has 1 aliphatic rings. The second-order valence-electron chi connectivity index (χ2n) is 4.67. The maximum atomic E-state index is 11.7. The molecular weight excluding hydrogens is 284 g/mol. The standard InChI is InChI=1S/C15H12N4OS/c16-6-3-7-19-9-10(11-4-1-2-5-13(11)19)8-12-14(20)18-15(21)17-12/h1-2,4-5,8-9H,3,7H2,(H2,17,18,20,21)/b12-8-. The van der Waals surface area contributed by atoms with Gasteiger partial charge >= 0.3 is 0 Å². The summed E-state index contributed by atoms with van der Waals surface area (Å²) in [4.78, 5) is 11.7. The SMILES string of the molecule is N#CCCn1cc(/C=C2\NC(=S)NC2=O)c2ccccc21. The Morgan fingerprint density at radius 3 is 2.86 bits per heavy atom. The number of fused-ring (bicyclic) bond motifs is 1. The number of hydrogen-bond donors (Lipinski definition) is 2. The van der Waals surface area contributed by atoms with E-state index < -0.39 is 0 Å². The molecule has 0 bridgehead atoms. The zero-order valence-electron chi connectivity index (χ0n) is 11.1. The van der Waals surface area contributed by atoms with E-state index in [1.54, 1.807) is 6.08 Å². The third-order valence-corrected chi connectivity index (χ3v) is 3.51. The molecule has 2 heterocycles. The van der Waals surface area contributed by atoms with Crippen LogP contribution in [-0.2, 0) is 11.3 Å². The molecular formula is C15H12N4OS. The zero-order valence-corrected chi connectivity index (χ0v) is 11.9. The molecule has 0 spiro atoms. The minimum atomic E-state index is -0.228. The van der Waals surface area contributed by atoms with Crippen LogP contribution in [0.5, 0.6) is 0 Å². The molecule has 2 N–H and O–H groups in total. The van der Waals surface area contributed by atoms with Crippen molar-refractivity contribution in [3.63, 3.8) is 0 Å². The average molecular weight is 296 g/mol. The number of benzene rings is 1. The molecule has 1 fully saturated rings. The van der Waals surface area contributed by atoms with Crippen molar-refractivity contribution in [3.05, 3.63) is 41.7 Å². The Kier molecular flexibility index (Phi) is 3.42. The highest BCUT2D eigenvalue weighted by atomic mass is 32.1. The summed E-state index contributed by atoms with van der Waals surface area (Å²) >= 11 is 4.92. The number of nitriles is 1. The van der Waals surface area contributed by atoms with Gasteiger partial charge in [-0.25, -0.2) is 0 Å². The van der Waals surface area contributed by atoms with Crippen LogP contribution >= 0.6 is 12.2 Å². The van der Waals surface area contributed by atoms with E-state index in [0.717, 1.165) is 16.5 Å². The summed E-state index contributed by atoms with van der Waals surface area (Å²) in [5.74, 6) is -0.228. The molecule has 1 saturated heterocycles. The van der Waals surface area contributed by atoms with E-state index in [4.69, 9.17) is 17.5 Å². The largest absolute Gasteiger partial charge is 0.346 e. The van der Waals surface area contributed by atoms with Gasteiger partial charge in [-0.1, -0.05) is 18.2 Å². The van der Waals surface area contributed by atoms with Gasteiger partial charge in [-0.15, -0.1) is 0 Å². The molecule has 0 saturated carbocycles. The molecule has 6 heteroatoms. The second-order valence-corrected chi connectivity index (χ2v) is 5.08. The van der Waals surface area contributed by atoms with Gasteiger partial charge in [0.2, 0.25) is 0 Å². The van der Waals surface area contributed by atoms with Crippen LogP contribution in [0.1, 0.15) is 12.0 Å². The smallest absolute Gasteiger partial charge is 0.273 e. The van der Waals surface area contributed by atoms with Gasteiger partial charge in [0.05, 0.1) is 12.5 Å². The van der Waals surface area contributed by atoms with Crippen LogP contribution in [0.4, 0.5) is 0 Å². The van der Waals surface area contributed by atoms with Gasteiger partial charge in [-0.3, -0.25) is 10.1 Å². The van der Waals surface area contributed by atoms with E-state index in [1.807, 2.05) is 35.0 Å². The van der Waals surface area contributed by atoms with Gasteiger partial charge in [0, 0.05) is 29.2 Å². The summed E-state index contributed by atoms with van der Waals surface area (Å²) in [5.41, 5.74) is 2.40. The first kappa shape index (κ1) is 13.3. The molecule has 2 aromatic rings. The highest BCUT2D eigenvalue weighted by molar-refractivity contribution is 7.80. The number of hydrogen-bond acceptors (Lipinski definition) is 3. The van der Waals surface area contributed by atoms with Crippen molar-refractivity contribution in [1.82, 2.24) is 15.2 Å². The van der Waals surface area contributed by atoms with Crippen LogP contribution in [0.2, 0.25) is 0 Å². The fourth-order valence-corrected chi connectivity index (χ4v) is 2.59.